The number of nitrogens with zero attached hydrogens (tertiary/aromatic N) is 2. The summed E-state index contributed by atoms with van der Waals surface area (Å²) in [6.07, 6.45) is 0.0552. The van der Waals surface area contributed by atoms with E-state index in [0.717, 1.165) is 0 Å². The SMILES string of the molecule is N#CCc1ccc(Br)c(I)c1[N+](=O)[O-]. The van der Waals surface area contributed by atoms with E-state index < -0.39 is 4.92 Å². The third-order valence-electron chi connectivity index (χ3n) is 1.60. The van der Waals surface area contributed by atoms with Crippen molar-refractivity contribution >= 4 is 44.2 Å². The molecule has 0 aromatic heterocycles. The Morgan fingerprint density at radius 3 is 2.79 bits per heavy atom. The third-order valence-corrected chi connectivity index (χ3v) is 4.10. The van der Waals surface area contributed by atoms with Crippen molar-refractivity contribution in [2.24, 2.45) is 0 Å². The van der Waals surface area contributed by atoms with Gasteiger partial charge in [0, 0.05) is 10.0 Å². The van der Waals surface area contributed by atoms with Crippen LogP contribution in [0.2, 0.25) is 0 Å². The zero-order valence-corrected chi connectivity index (χ0v) is 10.6. The van der Waals surface area contributed by atoms with Gasteiger partial charge in [0.1, 0.15) is 3.57 Å². The predicted molar refractivity (Wildman–Crippen MR) is 62.8 cm³/mol. The molecule has 0 heterocycles. The number of hydrogen-bond donors (Lipinski definition) is 0. The summed E-state index contributed by atoms with van der Waals surface area (Å²) in [6, 6.07) is 5.20. The third kappa shape index (κ3) is 2.22. The molecule has 14 heavy (non-hydrogen) atoms. The fraction of sp³-hybridized carbons (Fsp3) is 0.125. The Kier molecular flexibility index (Phi) is 3.83. The van der Waals surface area contributed by atoms with Gasteiger partial charge >= 0.3 is 0 Å². The highest BCUT2D eigenvalue weighted by molar-refractivity contribution is 14.1. The smallest absolute Gasteiger partial charge is 0.258 e. The number of nitro benzene ring substituents is 1. The highest BCUT2D eigenvalue weighted by atomic mass is 127. The summed E-state index contributed by atoms with van der Waals surface area (Å²) in [5.41, 5.74) is 0.464. The van der Waals surface area contributed by atoms with Crippen molar-refractivity contribution in [3.05, 3.63) is 35.9 Å². The summed E-state index contributed by atoms with van der Waals surface area (Å²) in [6.45, 7) is 0. The monoisotopic (exact) mass is 366 g/mol. The Hall–Kier alpha value is -0.680. The van der Waals surface area contributed by atoms with Gasteiger partial charge in [0.05, 0.1) is 17.4 Å². The molecule has 0 saturated carbocycles. The average Bonchev–Trinajstić information content (AvgIpc) is 2.11. The lowest BCUT2D eigenvalue weighted by Gasteiger charge is -2.02. The molecule has 0 unspecified atom stereocenters. The second-order valence-electron chi connectivity index (χ2n) is 2.46. The largest absolute Gasteiger partial charge is 0.287 e. The van der Waals surface area contributed by atoms with Crippen LogP contribution >= 0.6 is 38.5 Å². The molecule has 72 valence electrons. The molecule has 0 N–H and O–H groups in total. The maximum absolute atomic E-state index is 10.7. The Morgan fingerprint density at radius 1 is 1.64 bits per heavy atom. The lowest BCUT2D eigenvalue weighted by molar-refractivity contribution is -0.386. The summed E-state index contributed by atoms with van der Waals surface area (Å²) in [5.74, 6) is 0. The quantitative estimate of drug-likeness (QED) is 0.459. The van der Waals surface area contributed by atoms with Gasteiger partial charge in [-0.3, -0.25) is 10.1 Å². The first kappa shape index (κ1) is 11.4. The summed E-state index contributed by atoms with van der Waals surface area (Å²) < 4.78 is 1.20. The number of rotatable bonds is 2. The fourth-order valence-corrected chi connectivity index (χ4v) is 2.05. The minimum Gasteiger partial charge on any atom is -0.258 e. The van der Waals surface area contributed by atoms with Crippen LogP contribution in [0.15, 0.2) is 16.6 Å². The maximum Gasteiger partial charge on any atom is 0.287 e. The zero-order valence-electron chi connectivity index (χ0n) is 6.83. The van der Waals surface area contributed by atoms with Crippen molar-refractivity contribution in [2.45, 2.75) is 6.42 Å². The molecule has 1 rings (SSSR count). The molecule has 0 aliphatic heterocycles. The van der Waals surface area contributed by atoms with E-state index in [-0.39, 0.29) is 12.1 Å². The number of benzene rings is 1. The minimum absolute atomic E-state index is 0.0153. The molecule has 1 aromatic carbocycles. The second kappa shape index (κ2) is 4.70. The van der Waals surface area contributed by atoms with Crippen LogP contribution in [-0.4, -0.2) is 4.92 Å². The van der Waals surface area contributed by atoms with Gasteiger partial charge in [-0.2, -0.15) is 5.26 Å². The van der Waals surface area contributed by atoms with Crippen molar-refractivity contribution < 1.29 is 4.92 Å². The molecular weight excluding hydrogens is 363 g/mol. The Bertz CT molecular complexity index is 428. The molecule has 0 atom stereocenters. The van der Waals surface area contributed by atoms with E-state index in [1.54, 1.807) is 12.1 Å². The topological polar surface area (TPSA) is 66.9 Å². The standard InChI is InChI=1S/C8H4BrIN2O2/c9-6-2-1-5(3-4-11)8(7(6)10)12(13)14/h1-2H,3H2. The van der Waals surface area contributed by atoms with E-state index in [2.05, 4.69) is 15.9 Å². The van der Waals surface area contributed by atoms with Gasteiger partial charge in [-0.15, -0.1) is 0 Å². The molecule has 0 aliphatic carbocycles. The van der Waals surface area contributed by atoms with Gasteiger partial charge < -0.3 is 0 Å². The summed E-state index contributed by atoms with van der Waals surface area (Å²) in [4.78, 5) is 10.3. The first-order valence-electron chi connectivity index (χ1n) is 3.56. The lowest BCUT2D eigenvalue weighted by atomic mass is 10.1. The van der Waals surface area contributed by atoms with Crippen molar-refractivity contribution in [3.8, 4) is 6.07 Å². The normalized spacial score (nSPS) is 9.50. The second-order valence-corrected chi connectivity index (χ2v) is 4.39. The van der Waals surface area contributed by atoms with Crippen LogP contribution in [-0.2, 0) is 6.42 Å². The van der Waals surface area contributed by atoms with Gasteiger partial charge in [-0.05, 0) is 50.7 Å². The lowest BCUT2D eigenvalue weighted by Crippen LogP contribution is -1.98. The van der Waals surface area contributed by atoms with Crippen LogP contribution in [0.5, 0.6) is 0 Å². The van der Waals surface area contributed by atoms with Crippen LogP contribution in [0, 0.1) is 25.0 Å². The molecule has 0 spiro atoms. The van der Waals surface area contributed by atoms with Gasteiger partial charge in [0.25, 0.3) is 5.69 Å². The first-order chi connectivity index (χ1) is 6.57. The van der Waals surface area contributed by atoms with Crippen molar-refractivity contribution in [1.82, 2.24) is 0 Å². The molecule has 1 aromatic rings. The predicted octanol–water partition coefficient (Wildman–Crippen LogP) is 3.03. The first-order valence-corrected chi connectivity index (χ1v) is 5.43. The van der Waals surface area contributed by atoms with Gasteiger partial charge in [-0.25, -0.2) is 0 Å². The number of nitro groups is 1. The molecule has 0 aliphatic rings. The molecule has 0 bridgehead atoms. The molecule has 0 radical (unpaired) electrons. The van der Waals surface area contributed by atoms with Crippen LogP contribution in [0.3, 0.4) is 0 Å². The van der Waals surface area contributed by atoms with E-state index >= 15 is 0 Å². The number of hydrogen-bond acceptors (Lipinski definition) is 3. The van der Waals surface area contributed by atoms with E-state index in [0.29, 0.717) is 13.6 Å². The van der Waals surface area contributed by atoms with Crippen LogP contribution in [0.1, 0.15) is 5.56 Å². The van der Waals surface area contributed by atoms with Crippen molar-refractivity contribution in [1.29, 1.82) is 5.26 Å². The van der Waals surface area contributed by atoms with Gasteiger partial charge in [-0.1, -0.05) is 0 Å². The Balaban J connectivity index is 3.39. The molecule has 0 fully saturated rings. The summed E-state index contributed by atoms with van der Waals surface area (Å²) in [7, 11) is 0. The molecular formula is C8H4BrIN2O2. The Labute approximate surface area is 102 Å². The van der Waals surface area contributed by atoms with E-state index in [1.165, 1.54) is 0 Å². The minimum atomic E-state index is -0.459. The summed E-state index contributed by atoms with van der Waals surface area (Å²) in [5, 5.41) is 19.2. The summed E-state index contributed by atoms with van der Waals surface area (Å²) >= 11 is 5.09. The fourth-order valence-electron chi connectivity index (χ4n) is 1.01. The van der Waals surface area contributed by atoms with Crippen LogP contribution in [0.4, 0.5) is 5.69 Å². The van der Waals surface area contributed by atoms with E-state index in [4.69, 9.17) is 5.26 Å². The average molecular weight is 367 g/mol. The van der Waals surface area contributed by atoms with E-state index in [1.807, 2.05) is 28.7 Å². The highest BCUT2D eigenvalue weighted by Gasteiger charge is 2.19. The molecule has 6 heteroatoms. The molecule has 0 saturated heterocycles. The van der Waals surface area contributed by atoms with E-state index in [9.17, 15) is 10.1 Å². The number of nitriles is 1. The van der Waals surface area contributed by atoms with Gasteiger partial charge in [0.15, 0.2) is 0 Å². The van der Waals surface area contributed by atoms with Crippen LogP contribution < -0.4 is 0 Å². The Morgan fingerprint density at radius 2 is 2.29 bits per heavy atom. The number of halogens is 2. The molecule has 4 nitrogen and oxygen atoms in total. The van der Waals surface area contributed by atoms with Gasteiger partial charge in [0.2, 0.25) is 0 Å². The highest BCUT2D eigenvalue weighted by Crippen LogP contribution is 2.31. The van der Waals surface area contributed by atoms with Crippen molar-refractivity contribution in [3.63, 3.8) is 0 Å². The molecule has 0 amide bonds. The maximum atomic E-state index is 10.7. The van der Waals surface area contributed by atoms with Crippen LogP contribution in [0.25, 0.3) is 0 Å². The van der Waals surface area contributed by atoms with Crippen molar-refractivity contribution in [2.75, 3.05) is 0 Å². The zero-order chi connectivity index (χ0) is 10.7.